The molecular formula is C24H19Cl2Zr. The molecule has 5 rings (SSSR count). The summed E-state index contributed by atoms with van der Waals surface area (Å²) in [6.07, 6.45) is 16.4. The Kier molecular flexibility index (Phi) is 6.16. The molecule has 2 unspecified atom stereocenters. The molecule has 0 fully saturated rings. The van der Waals surface area contributed by atoms with Gasteiger partial charge in [-0.05, 0) is 0 Å². The molecule has 2 aromatic rings. The molecule has 0 N–H and O–H groups in total. The van der Waals surface area contributed by atoms with Crippen molar-refractivity contribution >= 4 is 12.2 Å². The van der Waals surface area contributed by atoms with Gasteiger partial charge in [-0.15, -0.1) is 0 Å². The van der Waals surface area contributed by atoms with Gasteiger partial charge in [0, 0.05) is 0 Å². The summed E-state index contributed by atoms with van der Waals surface area (Å²) in [5.41, 5.74) is 8.91. The van der Waals surface area contributed by atoms with E-state index in [-0.39, 0.29) is 27.9 Å². The third-order valence-electron chi connectivity index (χ3n) is 5.75. The van der Waals surface area contributed by atoms with Gasteiger partial charge in [-0.25, -0.2) is 0 Å². The van der Waals surface area contributed by atoms with Gasteiger partial charge in [0.05, 0.1) is 0 Å². The Labute approximate surface area is 188 Å². The van der Waals surface area contributed by atoms with Crippen molar-refractivity contribution in [1.82, 2.24) is 0 Å². The van der Waals surface area contributed by atoms with Crippen LogP contribution in [0.4, 0.5) is 0 Å². The normalized spacial score (nSPS) is 24.3. The molecule has 0 bridgehead atoms. The van der Waals surface area contributed by atoms with Crippen molar-refractivity contribution in [3.8, 4) is 0 Å². The van der Waals surface area contributed by atoms with Crippen LogP contribution in [-0.2, 0) is 37.6 Å². The van der Waals surface area contributed by atoms with Crippen LogP contribution in [0.25, 0.3) is 12.2 Å². The van der Waals surface area contributed by atoms with Crippen LogP contribution in [0.15, 0.2) is 84.0 Å². The van der Waals surface area contributed by atoms with Gasteiger partial charge in [0.15, 0.2) is 0 Å². The molecule has 0 radical (unpaired) electrons. The van der Waals surface area contributed by atoms with Crippen LogP contribution in [0.1, 0.15) is 22.3 Å². The molecule has 3 aliphatic rings. The average molecular weight is 470 g/mol. The monoisotopic (exact) mass is 467 g/mol. The van der Waals surface area contributed by atoms with Crippen LogP contribution in [-0.4, -0.2) is 0 Å². The molecule has 3 heteroatoms. The molecule has 0 saturated heterocycles. The first kappa shape index (κ1) is 20.6. The summed E-state index contributed by atoms with van der Waals surface area (Å²) in [6.45, 7) is 0. The van der Waals surface area contributed by atoms with Gasteiger partial charge in [-0.2, -0.15) is 0 Å². The summed E-state index contributed by atoms with van der Waals surface area (Å²) in [5, 5.41) is 0. The van der Waals surface area contributed by atoms with Crippen molar-refractivity contribution in [2.45, 2.75) is 16.0 Å². The number of benzene rings is 2. The zero-order valence-electron chi connectivity index (χ0n) is 14.8. The molecule has 27 heavy (non-hydrogen) atoms. The summed E-state index contributed by atoms with van der Waals surface area (Å²) in [6, 6.07) is 17.7. The van der Waals surface area contributed by atoms with Crippen LogP contribution in [0.5, 0.6) is 0 Å². The molecule has 0 amide bonds. The number of hydrogen-bond donors (Lipinski definition) is 0. The maximum atomic E-state index is 2.46. The van der Waals surface area contributed by atoms with Gasteiger partial charge in [0.2, 0.25) is 0 Å². The van der Waals surface area contributed by atoms with Crippen LogP contribution < -0.4 is 24.8 Å². The van der Waals surface area contributed by atoms with E-state index < -0.39 is 0 Å². The quantitative estimate of drug-likeness (QED) is 0.568. The van der Waals surface area contributed by atoms with Crippen LogP contribution >= 0.6 is 0 Å². The van der Waals surface area contributed by atoms with E-state index in [2.05, 4.69) is 85.0 Å². The van der Waals surface area contributed by atoms with E-state index in [0.29, 0.717) is 5.92 Å². The van der Waals surface area contributed by atoms with Gasteiger partial charge in [0.25, 0.3) is 0 Å². The standard InChI is InChI=1S/C24H19.2ClH.Zr/c1-2-8-18-14-21(13-17(18)7-1)23-11-5-6-12-24(23)22-15-19-9-3-4-10-20(19)16-22;;;/h1-13,15,23H,14,16H2;2*1H;/q;;;+2/p-2. The van der Waals surface area contributed by atoms with E-state index in [4.69, 9.17) is 0 Å². The molecule has 2 atom stereocenters. The minimum atomic E-state index is 0. The van der Waals surface area contributed by atoms with Crippen molar-refractivity contribution in [3.05, 3.63) is 106 Å². The van der Waals surface area contributed by atoms with Crippen molar-refractivity contribution in [2.24, 2.45) is 5.92 Å². The maximum absolute atomic E-state index is 2.46. The number of rotatable bonds is 2. The molecule has 0 aromatic heterocycles. The topological polar surface area (TPSA) is 0 Å². The summed E-state index contributed by atoms with van der Waals surface area (Å²) in [5.74, 6) is 0.476. The van der Waals surface area contributed by atoms with Crippen LogP contribution in [0.2, 0.25) is 3.12 Å². The second-order valence-electron chi connectivity index (χ2n) is 7.23. The summed E-state index contributed by atoms with van der Waals surface area (Å²) in [4.78, 5) is 0. The third-order valence-corrected chi connectivity index (χ3v) is 7.71. The van der Waals surface area contributed by atoms with Gasteiger partial charge >= 0.3 is 165 Å². The van der Waals surface area contributed by atoms with E-state index in [1.807, 2.05) is 0 Å². The third kappa shape index (κ3) is 3.51. The van der Waals surface area contributed by atoms with E-state index in [1.165, 1.54) is 22.3 Å². The number of halogens is 2. The summed E-state index contributed by atoms with van der Waals surface area (Å²) in [7, 11) is 0. The van der Waals surface area contributed by atoms with Gasteiger partial charge < -0.3 is 24.8 Å². The van der Waals surface area contributed by atoms with Gasteiger partial charge in [0.1, 0.15) is 0 Å². The summed E-state index contributed by atoms with van der Waals surface area (Å²) < 4.78 is 0.147. The zero-order chi connectivity index (χ0) is 16.9. The van der Waals surface area contributed by atoms with Crippen molar-refractivity contribution in [3.63, 3.8) is 0 Å². The van der Waals surface area contributed by atoms with Crippen molar-refractivity contribution < 1.29 is 49.5 Å². The second kappa shape index (κ2) is 8.08. The molecule has 2 aromatic carbocycles. The Morgan fingerprint density at radius 1 is 0.778 bits per heavy atom. The van der Waals surface area contributed by atoms with Crippen LogP contribution in [0, 0.1) is 5.92 Å². The SMILES string of the molecule is [Cl-].[Cl-].[Zr+2][C]1(C2=Cc3ccccc3C2)C=CC=CC1C1=Cc2ccccc2C1. The fraction of sp³-hybridized carbons (Fsp3) is 0.167. The number of allylic oxidation sites excluding steroid dienone is 6. The Morgan fingerprint density at radius 3 is 2.07 bits per heavy atom. The zero-order valence-corrected chi connectivity index (χ0v) is 18.8. The Bertz CT molecular complexity index is 983. The molecule has 0 aliphatic heterocycles. The second-order valence-corrected chi connectivity index (χ2v) is 9.26. The number of hydrogen-bond acceptors (Lipinski definition) is 0. The molecule has 133 valence electrons. The minimum absolute atomic E-state index is 0. The molecular weight excluding hydrogens is 450 g/mol. The predicted octanol–water partition coefficient (Wildman–Crippen LogP) is -0.278. The average Bonchev–Trinajstić information content (AvgIpc) is 3.26. The van der Waals surface area contributed by atoms with Gasteiger partial charge in [-0.3, -0.25) is 0 Å². The van der Waals surface area contributed by atoms with Crippen molar-refractivity contribution in [1.29, 1.82) is 0 Å². The fourth-order valence-electron chi connectivity index (χ4n) is 4.41. The Morgan fingerprint density at radius 2 is 1.41 bits per heavy atom. The van der Waals surface area contributed by atoms with E-state index in [0.717, 1.165) is 12.8 Å². The van der Waals surface area contributed by atoms with E-state index >= 15 is 0 Å². The molecule has 3 aliphatic carbocycles. The fourth-order valence-corrected chi connectivity index (χ4v) is 5.74. The number of fused-ring (bicyclic) bond motifs is 2. The Balaban J connectivity index is 0.00000105. The van der Waals surface area contributed by atoms with Crippen molar-refractivity contribution in [2.75, 3.05) is 0 Å². The first-order valence-electron chi connectivity index (χ1n) is 8.92. The summed E-state index contributed by atoms with van der Waals surface area (Å²) >= 11 is 1.58. The first-order chi connectivity index (χ1) is 12.2. The molecule has 0 saturated carbocycles. The van der Waals surface area contributed by atoms with Crippen LogP contribution in [0.3, 0.4) is 0 Å². The molecule has 0 nitrogen and oxygen atoms in total. The predicted molar refractivity (Wildman–Crippen MR) is 101 cm³/mol. The Hall–Kier alpha value is -1.14. The van der Waals surface area contributed by atoms with Gasteiger partial charge in [-0.1, -0.05) is 0 Å². The van der Waals surface area contributed by atoms with E-state index in [9.17, 15) is 0 Å². The molecule has 0 spiro atoms. The first-order valence-corrected chi connectivity index (χ1v) is 10.2. The van der Waals surface area contributed by atoms with E-state index in [1.54, 1.807) is 35.9 Å². The molecule has 0 heterocycles.